The van der Waals surface area contributed by atoms with Gasteiger partial charge in [0.05, 0.1) is 31.3 Å². The topological polar surface area (TPSA) is 130 Å². The summed E-state index contributed by atoms with van der Waals surface area (Å²) in [5, 5.41) is 0.722. The van der Waals surface area contributed by atoms with Gasteiger partial charge in [-0.2, -0.15) is 0 Å². The molecule has 14 heteroatoms. The zero-order valence-electron chi connectivity index (χ0n) is 31.3. The molecule has 0 radical (unpaired) electrons. The Bertz CT molecular complexity index is 1860. The Hall–Kier alpha value is -3.81. The predicted molar refractivity (Wildman–Crippen MR) is 206 cm³/mol. The van der Waals surface area contributed by atoms with Crippen molar-refractivity contribution in [3.8, 4) is 5.75 Å². The highest BCUT2D eigenvalue weighted by atomic mass is 35.5. The van der Waals surface area contributed by atoms with Crippen LogP contribution in [0.2, 0.25) is 5.02 Å². The molecule has 1 N–H and O–H groups in total. The van der Waals surface area contributed by atoms with Gasteiger partial charge in [0.25, 0.3) is 5.91 Å². The van der Waals surface area contributed by atoms with Crippen LogP contribution in [-0.2, 0) is 31.2 Å². The molecular formula is C39H52ClN5O7S. The van der Waals surface area contributed by atoms with E-state index in [0.29, 0.717) is 31.9 Å². The van der Waals surface area contributed by atoms with Gasteiger partial charge in [0.2, 0.25) is 0 Å². The van der Waals surface area contributed by atoms with E-state index in [-0.39, 0.29) is 66.8 Å². The maximum atomic E-state index is 14.6. The molecule has 0 saturated carbocycles. The summed E-state index contributed by atoms with van der Waals surface area (Å²) in [7, 11) is -0.547. The first-order valence-electron chi connectivity index (χ1n) is 18.5. The van der Waals surface area contributed by atoms with E-state index in [1.165, 1.54) is 28.0 Å². The lowest BCUT2D eigenvalue weighted by Gasteiger charge is -2.42. The van der Waals surface area contributed by atoms with E-state index in [1.807, 2.05) is 19.1 Å². The summed E-state index contributed by atoms with van der Waals surface area (Å²) in [5.74, 6) is 0.0953. The first-order valence-corrected chi connectivity index (χ1v) is 20.6. The Kier molecular flexibility index (Phi) is 11.9. The summed E-state index contributed by atoms with van der Waals surface area (Å²) in [4.78, 5) is 44.8. The zero-order chi connectivity index (χ0) is 37.9. The molecule has 6 atom stereocenters. The van der Waals surface area contributed by atoms with Crippen LogP contribution in [-0.4, -0.2) is 104 Å². The number of aryl methyl sites for hydroxylation is 1. The molecule has 4 amide bonds. The molecule has 2 bridgehead atoms. The van der Waals surface area contributed by atoms with Crippen LogP contribution >= 0.6 is 11.6 Å². The van der Waals surface area contributed by atoms with E-state index in [9.17, 15) is 18.6 Å². The van der Waals surface area contributed by atoms with Crippen LogP contribution in [0.5, 0.6) is 5.75 Å². The number of anilines is 1. The minimum atomic E-state index is -3.58. The second-order valence-corrected chi connectivity index (χ2v) is 17.6. The SMILES string of the molecule is COC(=O)N1CCN(C(=O)NS2(=O)=NC(=O)c3ccc4c(c3)N(C[C@H](C)[C@@H](C)[C@@H](OC)/C=C\C[C@H](C)C2)C[C@@]2(CCCc3cc(Cl)ccc32)CO4)CC1. The molecule has 1 spiro atoms. The van der Waals surface area contributed by atoms with Crippen molar-refractivity contribution in [1.82, 2.24) is 14.5 Å². The maximum Gasteiger partial charge on any atom is 0.409 e. The molecule has 12 nitrogen and oxygen atoms in total. The van der Waals surface area contributed by atoms with Gasteiger partial charge in [-0.3, -0.25) is 9.52 Å². The first kappa shape index (κ1) is 38.9. The van der Waals surface area contributed by atoms with Crippen LogP contribution < -0.4 is 14.4 Å². The van der Waals surface area contributed by atoms with Gasteiger partial charge in [-0.25, -0.2) is 13.8 Å². The van der Waals surface area contributed by atoms with Gasteiger partial charge in [-0.05, 0) is 84.9 Å². The van der Waals surface area contributed by atoms with Crippen LogP contribution in [0.3, 0.4) is 0 Å². The minimum Gasteiger partial charge on any atom is -0.490 e. The third-order valence-corrected chi connectivity index (χ3v) is 13.5. The lowest BCUT2D eigenvalue weighted by Crippen LogP contribution is -2.54. The van der Waals surface area contributed by atoms with Crippen LogP contribution in [0.1, 0.15) is 61.5 Å². The Morgan fingerprint density at radius 3 is 2.55 bits per heavy atom. The number of ether oxygens (including phenoxy) is 3. The van der Waals surface area contributed by atoms with Crippen molar-refractivity contribution in [2.75, 3.05) is 70.7 Å². The molecule has 1 aliphatic carbocycles. The summed E-state index contributed by atoms with van der Waals surface area (Å²) in [6.45, 7) is 9.16. The number of fused-ring (bicyclic) bond motifs is 3. The fourth-order valence-corrected chi connectivity index (χ4v) is 10.2. The average Bonchev–Trinajstić information content (AvgIpc) is 3.28. The molecule has 1 saturated heterocycles. The van der Waals surface area contributed by atoms with Gasteiger partial charge >= 0.3 is 12.1 Å². The molecule has 6 rings (SSSR count). The van der Waals surface area contributed by atoms with Gasteiger partial charge in [-0.15, -0.1) is 4.36 Å². The Balaban J connectivity index is 1.37. The highest BCUT2D eigenvalue weighted by molar-refractivity contribution is 7.92. The monoisotopic (exact) mass is 769 g/mol. The molecule has 0 aromatic heterocycles. The van der Waals surface area contributed by atoms with E-state index in [0.717, 1.165) is 30.0 Å². The number of urea groups is 1. The van der Waals surface area contributed by atoms with Crippen LogP contribution in [0.4, 0.5) is 15.3 Å². The van der Waals surface area contributed by atoms with Crippen molar-refractivity contribution in [3.63, 3.8) is 0 Å². The van der Waals surface area contributed by atoms with Crippen molar-refractivity contribution in [2.24, 2.45) is 22.1 Å². The van der Waals surface area contributed by atoms with Crippen molar-refractivity contribution in [3.05, 3.63) is 70.3 Å². The summed E-state index contributed by atoms with van der Waals surface area (Å²) in [6.07, 6.45) is 6.91. The number of allylic oxidation sites excluding steroid dienone is 1. The van der Waals surface area contributed by atoms with Crippen molar-refractivity contribution in [1.29, 1.82) is 0 Å². The van der Waals surface area contributed by atoms with E-state index in [2.05, 4.69) is 46.0 Å². The normalized spacial score (nSPS) is 30.0. The van der Waals surface area contributed by atoms with Gasteiger partial charge < -0.3 is 28.9 Å². The number of rotatable bonds is 2. The molecule has 2 aromatic carbocycles. The number of halogens is 1. The first-order chi connectivity index (χ1) is 25.3. The van der Waals surface area contributed by atoms with Crippen LogP contribution in [0.15, 0.2) is 52.9 Å². The summed E-state index contributed by atoms with van der Waals surface area (Å²) in [6, 6.07) is 10.8. The van der Waals surface area contributed by atoms with E-state index >= 15 is 0 Å². The fraction of sp³-hybridized carbons (Fsp3) is 0.564. The smallest absolute Gasteiger partial charge is 0.409 e. The quantitative estimate of drug-likeness (QED) is 0.352. The third-order valence-electron chi connectivity index (χ3n) is 11.3. The summed E-state index contributed by atoms with van der Waals surface area (Å²) in [5.41, 5.74) is 3.21. The molecule has 4 aliphatic rings. The summed E-state index contributed by atoms with van der Waals surface area (Å²) >= 11 is 6.45. The summed E-state index contributed by atoms with van der Waals surface area (Å²) < 4.78 is 39.0. The van der Waals surface area contributed by atoms with E-state index < -0.39 is 27.9 Å². The molecule has 3 aliphatic heterocycles. The molecule has 3 heterocycles. The highest BCUT2D eigenvalue weighted by Gasteiger charge is 2.42. The lowest BCUT2D eigenvalue weighted by molar-refractivity contribution is 0.0743. The van der Waals surface area contributed by atoms with Gasteiger partial charge in [0, 0.05) is 62.4 Å². The number of methoxy groups -OCH3 is 2. The second-order valence-electron chi connectivity index (χ2n) is 15.1. The fourth-order valence-electron chi connectivity index (χ4n) is 8.16. The van der Waals surface area contributed by atoms with Gasteiger partial charge in [0.1, 0.15) is 15.7 Å². The van der Waals surface area contributed by atoms with E-state index in [1.54, 1.807) is 25.3 Å². The number of carbonyl (C=O) groups is 3. The average molecular weight is 770 g/mol. The van der Waals surface area contributed by atoms with Gasteiger partial charge in [-0.1, -0.05) is 50.6 Å². The second kappa shape index (κ2) is 16.3. The van der Waals surface area contributed by atoms with Crippen molar-refractivity contribution >= 4 is 45.2 Å². The van der Waals surface area contributed by atoms with Crippen LogP contribution in [0, 0.1) is 17.8 Å². The number of nitrogens with one attached hydrogen (secondary N) is 1. The van der Waals surface area contributed by atoms with E-state index in [4.69, 9.17) is 25.8 Å². The molecule has 2 aromatic rings. The number of hydrogen-bond donors (Lipinski definition) is 1. The minimum absolute atomic E-state index is 0.0350. The molecule has 53 heavy (non-hydrogen) atoms. The van der Waals surface area contributed by atoms with Crippen LogP contribution in [0.25, 0.3) is 0 Å². The molecular weight excluding hydrogens is 718 g/mol. The Morgan fingerprint density at radius 2 is 1.81 bits per heavy atom. The number of carbonyl (C=O) groups excluding carboxylic acids is 3. The van der Waals surface area contributed by atoms with Gasteiger partial charge in [0.15, 0.2) is 0 Å². The third kappa shape index (κ3) is 8.62. The number of benzene rings is 2. The maximum absolute atomic E-state index is 14.6. The van der Waals surface area contributed by atoms with Crippen molar-refractivity contribution < 1.29 is 32.8 Å². The highest BCUT2D eigenvalue weighted by Crippen LogP contribution is 2.45. The molecule has 288 valence electrons. The number of nitrogens with zero attached hydrogens (tertiary/aromatic N) is 4. The molecule has 1 unspecified atom stereocenters. The number of hydrogen-bond acceptors (Lipinski definition) is 8. The number of amides is 4. The predicted octanol–water partition coefficient (Wildman–Crippen LogP) is 6.31. The van der Waals surface area contributed by atoms with Crippen molar-refractivity contribution in [2.45, 2.75) is 58.0 Å². The zero-order valence-corrected chi connectivity index (χ0v) is 32.9. The number of piperazine rings is 1. The Morgan fingerprint density at radius 1 is 1.06 bits per heavy atom. The lowest BCUT2D eigenvalue weighted by atomic mass is 9.70. The largest absolute Gasteiger partial charge is 0.490 e. The standard InChI is InChI=1S/C39H52ClN5O7S/c1-26-8-6-10-34(50-4)28(3)27(2)22-45-24-39(15-7-9-29-20-31(40)12-13-32(29)39)25-52-35-14-11-30(21-33(35)45)36(46)41-53(49,23-26)42-37(47)43-16-18-44(19-17-43)38(48)51-5/h6,10-14,20-21,26-28,34H,7-9,15-19,22-25H2,1-5H3,(H,41,42,46,47,49)/b10-6-/t26-,27-,28+,34-,39-,53?/m0/s1. The Labute approximate surface area is 318 Å². The molecule has 1 fully saturated rings.